The van der Waals surface area contributed by atoms with E-state index in [0.717, 1.165) is 0 Å². The zero-order valence-electron chi connectivity index (χ0n) is 8.03. The molecule has 74 valence electrons. The fourth-order valence-electron chi connectivity index (χ4n) is 1.24. The van der Waals surface area contributed by atoms with Crippen molar-refractivity contribution in [1.82, 2.24) is 10.4 Å². The minimum atomic E-state index is -0.597. The summed E-state index contributed by atoms with van der Waals surface area (Å²) in [6.07, 6.45) is -0.597. The number of carbonyl (C=O) groups is 2. The third-order valence-corrected chi connectivity index (χ3v) is 1.83. The number of hydrogen-bond donors (Lipinski definition) is 1. The van der Waals surface area contributed by atoms with Gasteiger partial charge >= 0.3 is 0 Å². The van der Waals surface area contributed by atoms with Gasteiger partial charge in [-0.15, -0.1) is 0 Å². The summed E-state index contributed by atoms with van der Waals surface area (Å²) in [5, 5.41) is 1.64. The van der Waals surface area contributed by atoms with Gasteiger partial charge in [0.25, 0.3) is 0 Å². The smallest absolute Gasteiger partial charge is 0.231 e. The van der Waals surface area contributed by atoms with Crippen LogP contribution in [0.15, 0.2) is 0 Å². The number of Topliss-reactive ketones (excluding diaryl/α,β-unsaturated/α-hetero) is 2. The van der Waals surface area contributed by atoms with E-state index in [1.165, 1.54) is 0 Å². The molecule has 1 aliphatic rings. The molecule has 13 heavy (non-hydrogen) atoms. The van der Waals surface area contributed by atoms with Gasteiger partial charge in [0.2, 0.25) is 11.6 Å². The monoisotopic (exact) mass is 186 g/mol. The van der Waals surface area contributed by atoms with Crippen molar-refractivity contribution in [3.8, 4) is 0 Å². The predicted molar refractivity (Wildman–Crippen MR) is 46.0 cm³/mol. The molecule has 2 atom stereocenters. The van der Waals surface area contributed by atoms with Gasteiger partial charge in [-0.3, -0.25) is 9.59 Å². The highest BCUT2D eigenvalue weighted by Crippen LogP contribution is 2.15. The van der Waals surface area contributed by atoms with E-state index in [9.17, 15) is 9.59 Å². The molecule has 0 aromatic carbocycles. The summed E-state index contributed by atoms with van der Waals surface area (Å²) in [5.74, 6) is -0.826. The second-order valence-electron chi connectivity index (χ2n) is 3.11. The van der Waals surface area contributed by atoms with Crippen molar-refractivity contribution in [2.24, 2.45) is 0 Å². The van der Waals surface area contributed by atoms with Gasteiger partial charge in [0.05, 0.1) is 0 Å². The fourth-order valence-corrected chi connectivity index (χ4v) is 1.24. The number of hydrogen-bond acceptors (Lipinski definition) is 5. The average Bonchev–Trinajstić information content (AvgIpc) is 2.10. The average molecular weight is 186 g/mol. The van der Waals surface area contributed by atoms with Crippen molar-refractivity contribution in [1.29, 1.82) is 0 Å². The summed E-state index contributed by atoms with van der Waals surface area (Å²) >= 11 is 0. The number of hydrazine groups is 1. The molecule has 1 saturated carbocycles. The molecule has 5 nitrogen and oxygen atoms in total. The highest BCUT2D eigenvalue weighted by atomic mass is 16.5. The number of rotatable bonds is 4. The molecule has 0 amide bonds. The molecule has 0 radical (unpaired) electrons. The van der Waals surface area contributed by atoms with Crippen LogP contribution in [0.2, 0.25) is 0 Å². The SMILES string of the molecule is CCOC1C(=O)C(=O)C1NN(C)C. The van der Waals surface area contributed by atoms with Crippen LogP contribution in [0.25, 0.3) is 0 Å². The molecule has 0 aliphatic heterocycles. The van der Waals surface area contributed by atoms with Gasteiger partial charge in [0, 0.05) is 20.7 Å². The van der Waals surface area contributed by atoms with E-state index in [-0.39, 0.29) is 0 Å². The van der Waals surface area contributed by atoms with Crippen molar-refractivity contribution < 1.29 is 14.3 Å². The van der Waals surface area contributed by atoms with Crippen LogP contribution in [0.5, 0.6) is 0 Å². The summed E-state index contributed by atoms with van der Waals surface area (Å²) in [6, 6.07) is -0.498. The standard InChI is InChI=1S/C8H14N2O3/c1-4-13-8-5(9-10(2)3)6(11)7(8)12/h5,8-9H,4H2,1-3H3. The van der Waals surface area contributed by atoms with E-state index in [4.69, 9.17) is 4.74 Å². The van der Waals surface area contributed by atoms with Crippen LogP contribution in [0.1, 0.15) is 6.92 Å². The summed E-state index contributed by atoms with van der Waals surface area (Å²) in [6.45, 7) is 2.23. The largest absolute Gasteiger partial charge is 0.368 e. The van der Waals surface area contributed by atoms with Gasteiger partial charge in [-0.25, -0.2) is 10.4 Å². The predicted octanol–water partition coefficient (Wildman–Crippen LogP) is -1.02. The number of carbonyl (C=O) groups excluding carboxylic acids is 2. The Balaban J connectivity index is 2.52. The van der Waals surface area contributed by atoms with Crippen molar-refractivity contribution in [3.05, 3.63) is 0 Å². The van der Waals surface area contributed by atoms with Crippen LogP contribution in [0.3, 0.4) is 0 Å². The summed E-state index contributed by atoms with van der Waals surface area (Å²) < 4.78 is 5.11. The topological polar surface area (TPSA) is 58.6 Å². The quantitative estimate of drug-likeness (QED) is 0.450. The Kier molecular flexibility index (Phi) is 3.13. The van der Waals surface area contributed by atoms with Crippen molar-refractivity contribution in [3.63, 3.8) is 0 Å². The molecule has 0 aromatic rings. The maximum Gasteiger partial charge on any atom is 0.231 e. The maximum absolute atomic E-state index is 11.1. The van der Waals surface area contributed by atoms with Gasteiger partial charge in [-0.2, -0.15) is 0 Å². The first-order valence-corrected chi connectivity index (χ1v) is 4.21. The molecule has 0 bridgehead atoms. The number of nitrogens with one attached hydrogen (secondary N) is 1. The Morgan fingerprint density at radius 2 is 2.00 bits per heavy atom. The minimum absolute atomic E-state index is 0.396. The van der Waals surface area contributed by atoms with Crippen LogP contribution in [-0.2, 0) is 14.3 Å². The van der Waals surface area contributed by atoms with Crippen LogP contribution in [0.4, 0.5) is 0 Å². The third-order valence-electron chi connectivity index (χ3n) is 1.83. The molecule has 2 unspecified atom stereocenters. The Morgan fingerprint density at radius 1 is 1.38 bits per heavy atom. The molecule has 0 aromatic heterocycles. The van der Waals surface area contributed by atoms with E-state index in [2.05, 4.69) is 5.43 Å². The molecule has 0 saturated heterocycles. The first kappa shape index (κ1) is 10.3. The highest BCUT2D eigenvalue weighted by molar-refractivity contribution is 6.48. The van der Waals surface area contributed by atoms with E-state index in [1.54, 1.807) is 26.0 Å². The van der Waals surface area contributed by atoms with E-state index in [0.29, 0.717) is 6.61 Å². The zero-order valence-corrected chi connectivity index (χ0v) is 8.03. The lowest BCUT2D eigenvalue weighted by Crippen LogP contribution is -2.67. The molecular formula is C8H14N2O3. The second kappa shape index (κ2) is 3.95. The van der Waals surface area contributed by atoms with Gasteiger partial charge in [-0.1, -0.05) is 0 Å². The van der Waals surface area contributed by atoms with Gasteiger partial charge in [0.15, 0.2) is 0 Å². The maximum atomic E-state index is 11.1. The summed E-state index contributed by atoms with van der Waals surface area (Å²) in [4.78, 5) is 22.1. The molecule has 1 aliphatic carbocycles. The third kappa shape index (κ3) is 1.93. The van der Waals surface area contributed by atoms with Crippen LogP contribution in [-0.4, -0.2) is 49.4 Å². The van der Waals surface area contributed by atoms with Crippen LogP contribution < -0.4 is 5.43 Å². The molecule has 5 heteroatoms. The number of ether oxygens (including phenoxy) is 1. The number of nitrogens with zero attached hydrogens (tertiary/aromatic N) is 1. The fraction of sp³-hybridized carbons (Fsp3) is 0.750. The Bertz CT molecular complexity index is 227. The van der Waals surface area contributed by atoms with Gasteiger partial charge < -0.3 is 4.74 Å². The van der Waals surface area contributed by atoms with E-state index < -0.39 is 23.7 Å². The van der Waals surface area contributed by atoms with Crippen molar-refractivity contribution in [2.75, 3.05) is 20.7 Å². The molecule has 1 fully saturated rings. The van der Waals surface area contributed by atoms with Crippen molar-refractivity contribution in [2.45, 2.75) is 19.1 Å². The Morgan fingerprint density at radius 3 is 2.46 bits per heavy atom. The number of ketones is 2. The lowest BCUT2D eigenvalue weighted by Gasteiger charge is -2.34. The summed E-state index contributed by atoms with van der Waals surface area (Å²) in [7, 11) is 3.53. The lowest BCUT2D eigenvalue weighted by molar-refractivity contribution is -0.160. The first-order valence-electron chi connectivity index (χ1n) is 4.21. The zero-order chi connectivity index (χ0) is 10.0. The molecule has 1 N–H and O–H groups in total. The second-order valence-corrected chi connectivity index (χ2v) is 3.11. The minimum Gasteiger partial charge on any atom is -0.368 e. The van der Waals surface area contributed by atoms with Crippen LogP contribution >= 0.6 is 0 Å². The van der Waals surface area contributed by atoms with Crippen LogP contribution in [0, 0.1) is 0 Å². The van der Waals surface area contributed by atoms with Crippen molar-refractivity contribution >= 4 is 11.6 Å². The summed E-state index contributed by atoms with van der Waals surface area (Å²) in [5.41, 5.74) is 2.83. The van der Waals surface area contributed by atoms with Gasteiger partial charge in [0.1, 0.15) is 12.1 Å². The molecule has 0 spiro atoms. The Labute approximate surface area is 77.0 Å². The molecular weight excluding hydrogens is 172 g/mol. The molecule has 1 rings (SSSR count). The van der Waals surface area contributed by atoms with E-state index >= 15 is 0 Å². The molecule has 0 heterocycles. The van der Waals surface area contributed by atoms with E-state index in [1.807, 2.05) is 0 Å². The van der Waals surface area contributed by atoms with Gasteiger partial charge in [-0.05, 0) is 6.92 Å². The lowest BCUT2D eigenvalue weighted by atomic mass is 9.86. The first-order chi connectivity index (χ1) is 6.07. The Hall–Kier alpha value is -0.780. The normalized spacial score (nSPS) is 28.0. The highest BCUT2D eigenvalue weighted by Gasteiger charge is 2.50.